The Morgan fingerprint density at radius 3 is 2.65 bits per heavy atom. The van der Waals surface area contributed by atoms with Crippen LogP contribution in [0.4, 0.5) is 0 Å². The molecule has 0 aromatic heterocycles. The lowest BCUT2D eigenvalue weighted by atomic mass is 10.2. The van der Waals surface area contributed by atoms with E-state index < -0.39 is 0 Å². The highest BCUT2D eigenvalue weighted by atomic mass is 35.5. The molecule has 0 heterocycles. The van der Waals surface area contributed by atoms with E-state index in [1.807, 2.05) is 18.2 Å². The van der Waals surface area contributed by atoms with Gasteiger partial charge in [-0.2, -0.15) is 0 Å². The number of hydrogen-bond acceptors (Lipinski definition) is 2. The third kappa shape index (κ3) is 4.86. The molecule has 0 aliphatic heterocycles. The fourth-order valence-corrected chi connectivity index (χ4v) is 1.85. The van der Waals surface area contributed by atoms with Crippen LogP contribution in [0, 0.1) is 0 Å². The number of alkyl halides is 1. The Hall–Kier alpha value is -0.890. The van der Waals surface area contributed by atoms with Gasteiger partial charge < -0.3 is 9.47 Å². The quantitative estimate of drug-likeness (QED) is 0.507. The summed E-state index contributed by atoms with van der Waals surface area (Å²) >= 11 is 5.89. The highest BCUT2D eigenvalue weighted by molar-refractivity contribution is 6.17. The van der Waals surface area contributed by atoms with Gasteiger partial charge in [-0.15, -0.1) is 11.6 Å². The summed E-state index contributed by atoms with van der Waals surface area (Å²) in [5.74, 6) is 2.14. The molecular formula is C14H21ClO2. The van der Waals surface area contributed by atoms with E-state index in [1.54, 1.807) is 7.11 Å². The van der Waals surface area contributed by atoms with Gasteiger partial charge in [0.25, 0.3) is 0 Å². The third-order valence-corrected chi connectivity index (χ3v) is 2.96. The summed E-state index contributed by atoms with van der Waals surface area (Å²) < 4.78 is 10.9. The van der Waals surface area contributed by atoms with Crippen molar-refractivity contribution in [3.8, 4) is 11.5 Å². The number of methoxy groups -OCH3 is 1. The molecule has 0 bridgehead atoms. The van der Waals surface area contributed by atoms with Gasteiger partial charge in [-0.3, -0.25) is 0 Å². The van der Waals surface area contributed by atoms with Crippen LogP contribution in [-0.2, 0) is 5.88 Å². The molecule has 0 unspecified atom stereocenters. The molecule has 0 N–H and O–H groups in total. The SMILES string of the molecule is CCCCCCOc1ccc(OC)cc1CCl. The highest BCUT2D eigenvalue weighted by Crippen LogP contribution is 2.25. The van der Waals surface area contributed by atoms with Crippen LogP contribution in [0.5, 0.6) is 11.5 Å². The molecule has 0 saturated heterocycles. The van der Waals surface area contributed by atoms with Crippen LogP contribution in [-0.4, -0.2) is 13.7 Å². The fourth-order valence-electron chi connectivity index (χ4n) is 1.64. The zero-order chi connectivity index (χ0) is 12.5. The number of hydrogen-bond donors (Lipinski definition) is 0. The fraction of sp³-hybridized carbons (Fsp3) is 0.571. The highest BCUT2D eigenvalue weighted by Gasteiger charge is 2.04. The van der Waals surface area contributed by atoms with E-state index in [0.29, 0.717) is 5.88 Å². The van der Waals surface area contributed by atoms with Gasteiger partial charge in [-0.05, 0) is 24.6 Å². The maximum atomic E-state index is 5.89. The van der Waals surface area contributed by atoms with E-state index in [-0.39, 0.29) is 0 Å². The topological polar surface area (TPSA) is 18.5 Å². The van der Waals surface area contributed by atoms with E-state index in [1.165, 1.54) is 19.3 Å². The molecule has 0 aliphatic rings. The molecule has 17 heavy (non-hydrogen) atoms. The minimum absolute atomic E-state index is 0.446. The van der Waals surface area contributed by atoms with Crippen LogP contribution < -0.4 is 9.47 Å². The second-order valence-corrected chi connectivity index (χ2v) is 4.28. The van der Waals surface area contributed by atoms with E-state index in [2.05, 4.69) is 6.92 Å². The number of halogens is 1. The minimum atomic E-state index is 0.446. The van der Waals surface area contributed by atoms with Crippen molar-refractivity contribution < 1.29 is 9.47 Å². The summed E-state index contributed by atoms with van der Waals surface area (Å²) in [5.41, 5.74) is 0.988. The average Bonchev–Trinajstić information content (AvgIpc) is 2.38. The van der Waals surface area contributed by atoms with Gasteiger partial charge in [0.05, 0.1) is 19.6 Å². The number of ether oxygens (including phenoxy) is 2. The van der Waals surface area contributed by atoms with Gasteiger partial charge in [0.2, 0.25) is 0 Å². The first-order valence-electron chi connectivity index (χ1n) is 6.17. The van der Waals surface area contributed by atoms with Crippen molar-refractivity contribution in [1.29, 1.82) is 0 Å². The molecule has 0 fully saturated rings. The molecule has 0 spiro atoms. The predicted octanol–water partition coefficient (Wildman–Crippen LogP) is 4.39. The van der Waals surface area contributed by atoms with E-state index in [4.69, 9.17) is 21.1 Å². The van der Waals surface area contributed by atoms with Crippen LogP contribution in [0.25, 0.3) is 0 Å². The molecular weight excluding hydrogens is 236 g/mol. The summed E-state index contributed by atoms with van der Waals surface area (Å²) in [7, 11) is 1.65. The second kappa shape index (κ2) is 8.24. The molecule has 0 amide bonds. The molecule has 1 aromatic carbocycles. The molecule has 0 radical (unpaired) electrons. The summed E-state index contributed by atoms with van der Waals surface area (Å²) in [4.78, 5) is 0. The van der Waals surface area contributed by atoms with Crippen LogP contribution in [0.1, 0.15) is 38.2 Å². The van der Waals surface area contributed by atoms with Crippen molar-refractivity contribution in [3.63, 3.8) is 0 Å². The maximum Gasteiger partial charge on any atom is 0.123 e. The van der Waals surface area contributed by atoms with Crippen molar-refractivity contribution in [3.05, 3.63) is 23.8 Å². The summed E-state index contributed by atoms with van der Waals surface area (Å²) in [5, 5.41) is 0. The summed E-state index contributed by atoms with van der Waals surface area (Å²) in [6.45, 7) is 2.96. The predicted molar refractivity (Wildman–Crippen MR) is 72.2 cm³/mol. The van der Waals surface area contributed by atoms with Crippen molar-refractivity contribution in [1.82, 2.24) is 0 Å². The maximum absolute atomic E-state index is 5.89. The standard InChI is InChI=1S/C14H21ClO2/c1-3-4-5-6-9-17-14-8-7-13(16-2)10-12(14)11-15/h7-8,10H,3-6,9,11H2,1-2H3. The Morgan fingerprint density at radius 1 is 1.18 bits per heavy atom. The number of rotatable bonds is 8. The zero-order valence-electron chi connectivity index (χ0n) is 10.7. The van der Waals surface area contributed by atoms with Gasteiger partial charge >= 0.3 is 0 Å². The largest absolute Gasteiger partial charge is 0.497 e. The molecule has 0 atom stereocenters. The summed E-state index contributed by atoms with van der Waals surface area (Å²) in [6.07, 6.45) is 4.84. The minimum Gasteiger partial charge on any atom is -0.497 e. The molecule has 0 aliphatic carbocycles. The number of benzene rings is 1. The molecule has 3 heteroatoms. The van der Waals surface area contributed by atoms with Crippen LogP contribution >= 0.6 is 11.6 Å². The van der Waals surface area contributed by atoms with E-state index in [9.17, 15) is 0 Å². The lowest BCUT2D eigenvalue weighted by molar-refractivity contribution is 0.302. The van der Waals surface area contributed by atoms with E-state index in [0.717, 1.165) is 30.1 Å². The monoisotopic (exact) mass is 256 g/mol. The Kier molecular flexibility index (Phi) is 6.87. The first-order valence-corrected chi connectivity index (χ1v) is 6.71. The molecule has 1 rings (SSSR count). The third-order valence-electron chi connectivity index (χ3n) is 2.67. The summed E-state index contributed by atoms with van der Waals surface area (Å²) in [6, 6.07) is 5.75. The van der Waals surface area contributed by atoms with Gasteiger partial charge in [0, 0.05) is 5.56 Å². The van der Waals surface area contributed by atoms with Crippen LogP contribution in [0.2, 0.25) is 0 Å². The zero-order valence-corrected chi connectivity index (χ0v) is 11.4. The lowest BCUT2D eigenvalue weighted by Crippen LogP contribution is -2.00. The Labute approximate surface area is 109 Å². The van der Waals surface area contributed by atoms with Crippen molar-refractivity contribution in [2.24, 2.45) is 0 Å². The van der Waals surface area contributed by atoms with Crippen molar-refractivity contribution >= 4 is 11.6 Å². The average molecular weight is 257 g/mol. The van der Waals surface area contributed by atoms with Gasteiger partial charge in [-0.25, -0.2) is 0 Å². The molecule has 96 valence electrons. The molecule has 2 nitrogen and oxygen atoms in total. The van der Waals surface area contributed by atoms with Gasteiger partial charge in [0.1, 0.15) is 11.5 Å². The Balaban J connectivity index is 2.46. The van der Waals surface area contributed by atoms with Gasteiger partial charge in [0.15, 0.2) is 0 Å². The van der Waals surface area contributed by atoms with Gasteiger partial charge in [-0.1, -0.05) is 26.2 Å². The Bertz CT molecular complexity index is 326. The Morgan fingerprint density at radius 2 is 2.00 bits per heavy atom. The van der Waals surface area contributed by atoms with E-state index >= 15 is 0 Å². The normalized spacial score (nSPS) is 10.3. The first kappa shape index (κ1) is 14.2. The van der Waals surface area contributed by atoms with Crippen molar-refractivity contribution in [2.45, 2.75) is 38.5 Å². The number of unbranched alkanes of at least 4 members (excludes halogenated alkanes) is 3. The first-order chi connectivity index (χ1) is 8.31. The van der Waals surface area contributed by atoms with Crippen LogP contribution in [0.15, 0.2) is 18.2 Å². The van der Waals surface area contributed by atoms with Crippen molar-refractivity contribution in [2.75, 3.05) is 13.7 Å². The lowest BCUT2D eigenvalue weighted by Gasteiger charge is -2.11. The molecule has 1 aromatic rings. The smallest absolute Gasteiger partial charge is 0.123 e. The second-order valence-electron chi connectivity index (χ2n) is 4.02. The van der Waals surface area contributed by atoms with Crippen LogP contribution in [0.3, 0.4) is 0 Å². The molecule has 0 saturated carbocycles.